The highest BCUT2D eigenvalue weighted by molar-refractivity contribution is 7.99. The van der Waals surface area contributed by atoms with Crippen molar-refractivity contribution >= 4 is 29.3 Å². The lowest BCUT2D eigenvalue weighted by molar-refractivity contribution is -0.00545. The van der Waals surface area contributed by atoms with Crippen LogP contribution in [0, 0.1) is 0 Å². The lowest BCUT2D eigenvalue weighted by Gasteiger charge is -2.36. The van der Waals surface area contributed by atoms with Crippen LogP contribution in [0.15, 0.2) is 18.3 Å². The topological polar surface area (TPSA) is 57.7 Å². The Kier molecular flexibility index (Phi) is 5.27. The van der Waals surface area contributed by atoms with Crippen molar-refractivity contribution < 1.29 is 9.53 Å². The van der Waals surface area contributed by atoms with E-state index >= 15 is 0 Å². The molecule has 0 aliphatic carbocycles. The smallest absolute Gasteiger partial charge is 0.321 e. The van der Waals surface area contributed by atoms with E-state index in [-0.39, 0.29) is 18.2 Å². The summed E-state index contributed by atoms with van der Waals surface area (Å²) in [4.78, 5) is 20.8. The van der Waals surface area contributed by atoms with Crippen LogP contribution in [0.1, 0.15) is 13.8 Å². The summed E-state index contributed by atoms with van der Waals surface area (Å²) in [6.45, 7) is 7.46. The molecule has 2 aliphatic heterocycles. The largest absolute Gasteiger partial charge is 0.372 e. The Morgan fingerprint density at radius 3 is 2.57 bits per heavy atom. The van der Waals surface area contributed by atoms with Crippen molar-refractivity contribution in [1.82, 2.24) is 9.88 Å². The monoisotopic (exact) mass is 336 g/mol. The van der Waals surface area contributed by atoms with Crippen molar-refractivity contribution in [3.8, 4) is 0 Å². The Labute approximate surface area is 141 Å². The number of anilines is 2. The third kappa shape index (κ3) is 4.29. The molecule has 6 nitrogen and oxygen atoms in total. The van der Waals surface area contributed by atoms with Crippen LogP contribution in [0.5, 0.6) is 0 Å². The van der Waals surface area contributed by atoms with E-state index < -0.39 is 0 Å². The highest BCUT2D eigenvalue weighted by Gasteiger charge is 2.23. The molecule has 7 heteroatoms. The summed E-state index contributed by atoms with van der Waals surface area (Å²) in [5.41, 5.74) is 0.742. The number of nitrogens with one attached hydrogen (secondary N) is 1. The molecule has 0 unspecified atom stereocenters. The van der Waals surface area contributed by atoms with Crippen molar-refractivity contribution in [1.29, 1.82) is 0 Å². The lowest BCUT2D eigenvalue weighted by atomic mass is 10.2. The number of amides is 2. The summed E-state index contributed by atoms with van der Waals surface area (Å²) in [5, 5.41) is 2.93. The fraction of sp³-hybridized carbons (Fsp3) is 0.625. The van der Waals surface area contributed by atoms with Crippen LogP contribution in [-0.4, -0.2) is 65.8 Å². The number of hydrogen-bond acceptors (Lipinski definition) is 5. The molecule has 1 N–H and O–H groups in total. The number of hydrogen-bond donors (Lipinski definition) is 1. The molecule has 126 valence electrons. The van der Waals surface area contributed by atoms with Gasteiger partial charge >= 0.3 is 6.03 Å². The summed E-state index contributed by atoms with van der Waals surface area (Å²) >= 11 is 1.89. The average molecular weight is 336 g/mol. The van der Waals surface area contributed by atoms with Gasteiger partial charge in [-0.2, -0.15) is 11.8 Å². The first-order valence-electron chi connectivity index (χ1n) is 8.12. The van der Waals surface area contributed by atoms with Crippen LogP contribution in [0.25, 0.3) is 0 Å². The minimum absolute atomic E-state index is 0.0338. The van der Waals surface area contributed by atoms with Crippen LogP contribution in [-0.2, 0) is 4.74 Å². The van der Waals surface area contributed by atoms with Crippen LogP contribution in [0.4, 0.5) is 16.3 Å². The van der Waals surface area contributed by atoms with Crippen molar-refractivity contribution in [3.05, 3.63) is 18.3 Å². The van der Waals surface area contributed by atoms with Gasteiger partial charge in [-0.25, -0.2) is 9.78 Å². The normalized spacial score (nSPS) is 25.3. The maximum atomic E-state index is 12.2. The van der Waals surface area contributed by atoms with E-state index in [1.54, 1.807) is 6.20 Å². The molecule has 2 aliphatic rings. The molecule has 2 saturated heterocycles. The molecular formula is C16H24N4O2S. The molecule has 3 rings (SSSR count). The van der Waals surface area contributed by atoms with Gasteiger partial charge in [-0.05, 0) is 26.0 Å². The van der Waals surface area contributed by atoms with Gasteiger partial charge in [0, 0.05) is 37.7 Å². The first-order chi connectivity index (χ1) is 11.1. The van der Waals surface area contributed by atoms with E-state index in [2.05, 4.69) is 29.0 Å². The second-order valence-corrected chi connectivity index (χ2v) is 7.32. The molecule has 23 heavy (non-hydrogen) atoms. The van der Waals surface area contributed by atoms with Gasteiger partial charge in [0.2, 0.25) is 0 Å². The summed E-state index contributed by atoms with van der Waals surface area (Å²) in [6.07, 6.45) is 2.14. The number of nitrogens with zero attached hydrogens (tertiary/aromatic N) is 3. The standard InChI is InChI=1S/C16H24N4O2S/c1-12-10-20(11-13(2)22-12)15-4-3-14(9-17-15)18-16(21)19-5-7-23-8-6-19/h3-4,9,12-13H,5-8,10-11H2,1-2H3,(H,18,21)/t12-,13+. The molecule has 0 saturated carbocycles. The number of carbonyl (C=O) groups is 1. The Morgan fingerprint density at radius 1 is 1.26 bits per heavy atom. The lowest BCUT2D eigenvalue weighted by Crippen LogP contribution is -2.45. The maximum Gasteiger partial charge on any atom is 0.321 e. The number of pyridine rings is 1. The minimum atomic E-state index is -0.0338. The molecule has 0 aromatic carbocycles. The number of morpholine rings is 1. The van der Waals surface area contributed by atoms with Crippen LogP contribution >= 0.6 is 11.8 Å². The quantitative estimate of drug-likeness (QED) is 0.898. The van der Waals surface area contributed by atoms with Gasteiger partial charge in [0.25, 0.3) is 0 Å². The highest BCUT2D eigenvalue weighted by Crippen LogP contribution is 2.20. The van der Waals surface area contributed by atoms with Crippen molar-refractivity contribution in [2.24, 2.45) is 0 Å². The summed E-state index contributed by atoms with van der Waals surface area (Å²) in [7, 11) is 0. The summed E-state index contributed by atoms with van der Waals surface area (Å²) in [6, 6.07) is 3.85. The van der Waals surface area contributed by atoms with E-state index in [0.717, 1.165) is 49.2 Å². The highest BCUT2D eigenvalue weighted by atomic mass is 32.2. The van der Waals surface area contributed by atoms with E-state index in [9.17, 15) is 4.79 Å². The summed E-state index contributed by atoms with van der Waals surface area (Å²) in [5.74, 6) is 2.95. The van der Waals surface area contributed by atoms with Gasteiger partial charge in [-0.1, -0.05) is 0 Å². The zero-order valence-electron chi connectivity index (χ0n) is 13.7. The van der Waals surface area contributed by atoms with Gasteiger partial charge in [0.05, 0.1) is 24.1 Å². The number of carbonyl (C=O) groups excluding carboxylic acids is 1. The number of thioether (sulfide) groups is 1. The number of aromatic nitrogens is 1. The minimum Gasteiger partial charge on any atom is -0.372 e. The Balaban J connectivity index is 1.59. The maximum absolute atomic E-state index is 12.2. The van der Waals surface area contributed by atoms with E-state index in [1.165, 1.54) is 0 Å². The molecule has 0 spiro atoms. The molecule has 2 fully saturated rings. The van der Waals surface area contributed by atoms with E-state index in [4.69, 9.17) is 4.74 Å². The molecule has 0 bridgehead atoms. The average Bonchev–Trinajstić information content (AvgIpc) is 2.55. The van der Waals surface area contributed by atoms with Gasteiger partial charge < -0.3 is 19.9 Å². The summed E-state index contributed by atoms with van der Waals surface area (Å²) < 4.78 is 5.75. The number of ether oxygens (including phenoxy) is 1. The van der Waals surface area contributed by atoms with Gasteiger partial charge in [0.15, 0.2) is 0 Å². The van der Waals surface area contributed by atoms with Crippen LogP contribution in [0.2, 0.25) is 0 Å². The van der Waals surface area contributed by atoms with Gasteiger partial charge in [-0.3, -0.25) is 0 Å². The van der Waals surface area contributed by atoms with Crippen LogP contribution in [0.3, 0.4) is 0 Å². The molecule has 2 atom stereocenters. The molecular weight excluding hydrogens is 312 g/mol. The zero-order valence-corrected chi connectivity index (χ0v) is 14.5. The molecule has 2 amide bonds. The van der Waals surface area contributed by atoms with Crippen molar-refractivity contribution in [2.75, 3.05) is 47.9 Å². The second-order valence-electron chi connectivity index (χ2n) is 6.10. The molecule has 1 aromatic heterocycles. The Morgan fingerprint density at radius 2 is 1.96 bits per heavy atom. The third-order valence-electron chi connectivity index (χ3n) is 4.04. The van der Waals surface area contributed by atoms with E-state index in [0.29, 0.717) is 0 Å². The van der Waals surface area contributed by atoms with E-state index in [1.807, 2.05) is 28.8 Å². The van der Waals surface area contributed by atoms with Gasteiger partial charge in [-0.15, -0.1) is 0 Å². The Hall–Kier alpha value is -1.47. The predicted molar refractivity (Wildman–Crippen MR) is 94.4 cm³/mol. The molecule has 1 aromatic rings. The molecule has 0 radical (unpaired) electrons. The second kappa shape index (κ2) is 7.40. The SMILES string of the molecule is C[C@@H]1CN(c2ccc(NC(=O)N3CCSCC3)cn2)C[C@H](C)O1. The first-order valence-corrected chi connectivity index (χ1v) is 9.27. The number of urea groups is 1. The van der Waals surface area contributed by atoms with Crippen molar-refractivity contribution in [2.45, 2.75) is 26.1 Å². The fourth-order valence-corrected chi connectivity index (χ4v) is 3.88. The van der Waals surface area contributed by atoms with Crippen molar-refractivity contribution in [3.63, 3.8) is 0 Å². The zero-order chi connectivity index (χ0) is 16.2. The van der Waals surface area contributed by atoms with Gasteiger partial charge in [0.1, 0.15) is 5.82 Å². The Bertz CT molecular complexity index is 523. The first kappa shape index (κ1) is 16.4. The van der Waals surface area contributed by atoms with Crippen LogP contribution < -0.4 is 10.2 Å². The third-order valence-corrected chi connectivity index (χ3v) is 4.98. The fourth-order valence-electron chi connectivity index (χ4n) is 2.98. The number of rotatable bonds is 2. The molecule has 3 heterocycles. The predicted octanol–water partition coefficient (Wildman–Crippen LogP) is 2.28.